The Labute approximate surface area is 99.6 Å². The van der Waals surface area contributed by atoms with E-state index in [1.807, 2.05) is 32.0 Å². The summed E-state index contributed by atoms with van der Waals surface area (Å²) in [6, 6.07) is 5.85. The van der Waals surface area contributed by atoms with Crippen molar-refractivity contribution in [2.24, 2.45) is 15.8 Å². The molecule has 1 amide bonds. The second kappa shape index (κ2) is 4.01. The maximum atomic E-state index is 11.7. The van der Waals surface area contributed by atoms with Gasteiger partial charge in [0.15, 0.2) is 11.5 Å². The Kier molecular flexibility index (Phi) is 2.67. The van der Waals surface area contributed by atoms with E-state index >= 15 is 0 Å². The van der Waals surface area contributed by atoms with Gasteiger partial charge >= 0.3 is 0 Å². The van der Waals surface area contributed by atoms with Crippen LogP contribution in [0, 0.1) is 13.8 Å². The van der Waals surface area contributed by atoms with Gasteiger partial charge in [-0.1, -0.05) is 18.2 Å². The minimum atomic E-state index is -0.273. The largest absolute Gasteiger partial charge is 0.380 e. The Balaban J connectivity index is 2.51. The average molecular weight is 230 g/mol. The van der Waals surface area contributed by atoms with Crippen molar-refractivity contribution >= 4 is 23.1 Å². The van der Waals surface area contributed by atoms with E-state index in [1.165, 1.54) is 5.01 Å². The number of hydrogen-bond acceptors (Lipinski definition) is 4. The lowest BCUT2D eigenvalue weighted by Crippen LogP contribution is -2.28. The van der Waals surface area contributed by atoms with E-state index in [0.717, 1.165) is 16.8 Å². The summed E-state index contributed by atoms with van der Waals surface area (Å²) in [5.74, 6) is -0.106. The molecule has 0 aromatic heterocycles. The number of carbonyl (C=O) groups is 1. The number of amidine groups is 1. The highest BCUT2D eigenvalue weighted by Crippen LogP contribution is 2.23. The zero-order valence-electron chi connectivity index (χ0n) is 10.1. The second-order valence-electron chi connectivity index (χ2n) is 4.01. The van der Waals surface area contributed by atoms with Crippen LogP contribution in [0.3, 0.4) is 0 Å². The van der Waals surface area contributed by atoms with Crippen molar-refractivity contribution in [1.29, 1.82) is 0 Å². The number of hydrogen-bond donors (Lipinski definition) is 1. The third-order valence-electron chi connectivity index (χ3n) is 2.66. The highest BCUT2D eigenvalue weighted by molar-refractivity contribution is 6.68. The van der Waals surface area contributed by atoms with Crippen molar-refractivity contribution in [3.63, 3.8) is 0 Å². The van der Waals surface area contributed by atoms with Crippen LogP contribution in [0.4, 0.5) is 5.69 Å². The number of carbonyl (C=O) groups excluding carboxylic acids is 1. The van der Waals surface area contributed by atoms with Gasteiger partial charge in [0.25, 0.3) is 5.91 Å². The van der Waals surface area contributed by atoms with Crippen LogP contribution < -0.4 is 5.73 Å². The molecule has 0 bridgehead atoms. The van der Waals surface area contributed by atoms with E-state index in [4.69, 9.17) is 5.73 Å². The number of rotatable bonds is 1. The lowest BCUT2D eigenvalue weighted by Gasteiger charge is -2.05. The fourth-order valence-electron chi connectivity index (χ4n) is 1.72. The number of nitrogens with two attached hydrogens (primary N) is 1. The van der Waals surface area contributed by atoms with Gasteiger partial charge in [0.1, 0.15) is 0 Å². The molecule has 0 aliphatic carbocycles. The van der Waals surface area contributed by atoms with Crippen LogP contribution in [0.1, 0.15) is 11.1 Å². The zero-order chi connectivity index (χ0) is 12.6. The lowest BCUT2D eigenvalue weighted by atomic mass is 10.1. The first-order chi connectivity index (χ1) is 8.00. The Morgan fingerprint density at radius 2 is 1.88 bits per heavy atom. The number of aryl methyl sites for hydroxylation is 2. The summed E-state index contributed by atoms with van der Waals surface area (Å²) in [5, 5.41) is 5.05. The first-order valence-corrected chi connectivity index (χ1v) is 5.28. The molecule has 2 rings (SSSR count). The van der Waals surface area contributed by atoms with Crippen LogP contribution in [0.25, 0.3) is 0 Å². The van der Waals surface area contributed by atoms with Crippen LogP contribution in [0.15, 0.2) is 28.3 Å². The average Bonchev–Trinajstić information content (AvgIpc) is 2.49. The maximum Gasteiger partial charge on any atom is 0.296 e. The summed E-state index contributed by atoms with van der Waals surface area (Å²) in [6.07, 6.45) is 0. The molecule has 2 N–H and O–H groups in total. The first kappa shape index (κ1) is 11.3. The van der Waals surface area contributed by atoms with Crippen molar-refractivity contribution in [3.8, 4) is 0 Å². The number of amides is 1. The molecular formula is C12H14N4O. The molecule has 0 saturated heterocycles. The van der Waals surface area contributed by atoms with Crippen molar-refractivity contribution in [2.45, 2.75) is 13.8 Å². The van der Waals surface area contributed by atoms with E-state index in [-0.39, 0.29) is 17.5 Å². The summed E-state index contributed by atoms with van der Waals surface area (Å²) in [5.41, 5.74) is 8.67. The van der Waals surface area contributed by atoms with Crippen molar-refractivity contribution in [2.75, 3.05) is 7.05 Å². The normalized spacial score (nSPS) is 17.8. The van der Waals surface area contributed by atoms with Crippen molar-refractivity contribution < 1.29 is 4.79 Å². The number of nitrogens with zero attached hydrogens (tertiary/aromatic N) is 3. The van der Waals surface area contributed by atoms with Gasteiger partial charge in [0.2, 0.25) is 0 Å². The molecule has 0 saturated carbocycles. The number of benzene rings is 1. The molecule has 1 aromatic rings. The second-order valence-corrected chi connectivity index (χ2v) is 4.01. The number of hydrazone groups is 1. The third kappa shape index (κ3) is 1.91. The summed E-state index contributed by atoms with van der Waals surface area (Å²) in [4.78, 5) is 16.1. The minimum absolute atomic E-state index is 0.167. The summed E-state index contributed by atoms with van der Waals surface area (Å²) in [7, 11) is 1.56. The van der Waals surface area contributed by atoms with E-state index < -0.39 is 0 Å². The van der Waals surface area contributed by atoms with Crippen LogP contribution in [0.2, 0.25) is 0 Å². The molecule has 1 aliphatic rings. The molecule has 0 atom stereocenters. The SMILES string of the molecule is Cc1cccc(C)c1/N=C1\C(=O)N(C)N=C1N. The standard InChI is InChI=1S/C12H14N4O/c1-7-5-4-6-8(2)9(7)14-10-11(13)15-16(3)12(10)17/h4-6H,1-3H3,(H2,13,15)/b14-10-. The van der Waals surface area contributed by atoms with Gasteiger partial charge in [0, 0.05) is 7.05 Å². The monoisotopic (exact) mass is 230 g/mol. The summed E-state index contributed by atoms with van der Waals surface area (Å²) in [6.45, 7) is 3.89. The van der Waals surface area contributed by atoms with Gasteiger partial charge in [-0.2, -0.15) is 5.10 Å². The van der Waals surface area contributed by atoms with Gasteiger partial charge in [-0.05, 0) is 25.0 Å². The van der Waals surface area contributed by atoms with Crippen LogP contribution in [-0.4, -0.2) is 29.5 Å². The molecule has 5 heteroatoms. The number of aliphatic imine (C=N–C) groups is 1. The van der Waals surface area contributed by atoms with Gasteiger partial charge in [-0.15, -0.1) is 0 Å². The molecule has 0 spiro atoms. The Morgan fingerprint density at radius 3 is 2.35 bits per heavy atom. The van der Waals surface area contributed by atoms with E-state index in [0.29, 0.717) is 0 Å². The van der Waals surface area contributed by atoms with E-state index in [9.17, 15) is 4.79 Å². The molecule has 17 heavy (non-hydrogen) atoms. The predicted octanol–water partition coefficient (Wildman–Crippen LogP) is 1.12. The van der Waals surface area contributed by atoms with E-state index in [2.05, 4.69) is 10.1 Å². The first-order valence-electron chi connectivity index (χ1n) is 5.28. The Hall–Kier alpha value is -2.17. The van der Waals surface area contributed by atoms with Crippen molar-refractivity contribution in [1.82, 2.24) is 5.01 Å². The minimum Gasteiger partial charge on any atom is -0.380 e. The molecule has 0 unspecified atom stereocenters. The van der Waals surface area contributed by atoms with Crippen molar-refractivity contribution in [3.05, 3.63) is 29.3 Å². The fourth-order valence-corrected chi connectivity index (χ4v) is 1.72. The molecule has 0 fully saturated rings. The number of para-hydroxylation sites is 1. The van der Waals surface area contributed by atoms with Crippen LogP contribution >= 0.6 is 0 Å². The molecule has 0 radical (unpaired) electrons. The Bertz CT molecular complexity index is 525. The van der Waals surface area contributed by atoms with Gasteiger partial charge < -0.3 is 5.73 Å². The van der Waals surface area contributed by atoms with Gasteiger partial charge in [-0.25, -0.2) is 10.0 Å². The third-order valence-corrected chi connectivity index (χ3v) is 2.66. The lowest BCUT2D eigenvalue weighted by molar-refractivity contribution is -0.122. The van der Waals surface area contributed by atoms with E-state index in [1.54, 1.807) is 7.05 Å². The Morgan fingerprint density at radius 1 is 1.29 bits per heavy atom. The summed E-state index contributed by atoms with van der Waals surface area (Å²) < 4.78 is 0. The zero-order valence-corrected chi connectivity index (χ0v) is 10.1. The summed E-state index contributed by atoms with van der Waals surface area (Å²) >= 11 is 0. The molecule has 1 aliphatic heterocycles. The van der Waals surface area contributed by atoms with Gasteiger partial charge in [-0.3, -0.25) is 4.79 Å². The predicted molar refractivity (Wildman–Crippen MR) is 67.4 cm³/mol. The maximum absolute atomic E-state index is 11.7. The smallest absolute Gasteiger partial charge is 0.296 e. The molecular weight excluding hydrogens is 216 g/mol. The molecule has 5 nitrogen and oxygen atoms in total. The van der Waals surface area contributed by atoms with Crippen LogP contribution in [0.5, 0.6) is 0 Å². The highest BCUT2D eigenvalue weighted by Gasteiger charge is 2.27. The molecule has 1 heterocycles. The molecule has 88 valence electrons. The van der Waals surface area contributed by atoms with Crippen LogP contribution in [-0.2, 0) is 4.79 Å². The van der Waals surface area contributed by atoms with Gasteiger partial charge in [0.05, 0.1) is 5.69 Å². The fraction of sp³-hybridized carbons (Fsp3) is 0.250. The quantitative estimate of drug-likeness (QED) is 0.785. The topological polar surface area (TPSA) is 71.0 Å². The molecule has 1 aromatic carbocycles. The highest BCUT2D eigenvalue weighted by atomic mass is 16.2.